The van der Waals surface area contributed by atoms with Crippen molar-refractivity contribution in [3.8, 4) is 0 Å². The van der Waals surface area contributed by atoms with Crippen LogP contribution in [-0.4, -0.2) is 22.9 Å². The van der Waals surface area contributed by atoms with E-state index in [0.29, 0.717) is 11.8 Å². The van der Waals surface area contributed by atoms with Gasteiger partial charge in [0, 0.05) is 48.7 Å². The molecular weight excluding hydrogens is 360 g/mol. The van der Waals surface area contributed by atoms with E-state index in [1.165, 1.54) is 43.5 Å². The maximum atomic E-state index is 10.7. The van der Waals surface area contributed by atoms with Gasteiger partial charge in [-0.3, -0.25) is 20.2 Å². The van der Waals surface area contributed by atoms with Crippen molar-refractivity contribution in [2.75, 3.05) is 23.7 Å². The van der Waals surface area contributed by atoms with E-state index in [-0.39, 0.29) is 11.4 Å². The lowest BCUT2D eigenvalue weighted by molar-refractivity contribution is -0.385. The number of rotatable bonds is 8. The highest BCUT2D eigenvalue weighted by atomic mass is 16.6. The molecule has 2 atom stereocenters. The Hall–Kier alpha value is -3.16. The van der Waals surface area contributed by atoms with Gasteiger partial charge in [0.1, 0.15) is 0 Å². The minimum Gasteiger partial charge on any atom is -0.385 e. The Balaban J connectivity index is 1.44. The van der Waals surface area contributed by atoms with Gasteiger partial charge in [-0.25, -0.2) is 0 Å². The zero-order chi connectivity index (χ0) is 19.9. The molecule has 1 fully saturated rings. The van der Waals surface area contributed by atoms with Gasteiger partial charge in [-0.2, -0.15) is 0 Å². The fourth-order valence-electron chi connectivity index (χ4n) is 3.70. The van der Waals surface area contributed by atoms with Crippen LogP contribution in [0.25, 0.3) is 0 Å². The van der Waals surface area contributed by atoms with Crippen molar-refractivity contribution in [3.63, 3.8) is 0 Å². The number of anilines is 2. The third kappa shape index (κ3) is 5.42. The summed E-state index contributed by atoms with van der Waals surface area (Å²) in [6, 6.07) is 13.0. The fraction of sp³-hybridized carbons (Fsp3) is 0.400. The van der Waals surface area contributed by atoms with Crippen molar-refractivity contribution in [2.45, 2.75) is 25.7 Å². The molecule has 1 aliphatic rings. The molecule has 2 N–H and O–H groups in total. The molecule has 0 heterocycles. The van der Waals surface area contributed by atoms with Crippen LogP contribution in [0.5, 0.6) is 0 Å². The van der Waals surface area contributed by atoms with Gasteiger partial charge in [-0.05, 0) is 55.4 Å². The lowest BCUT2D eigenvalue weighted by Gasteiger charge is -2.30. The van der Waals surface area contributed by atoms with Gasteiger partial charge in [0.25, 0.3) is 11.4 Å². The fourth-order valence-corrected chi connectivity index (χ4v) is 3.70. The Bertz CT molecular complexity index is 740. The normalized spacial score (nSPS) is 19.0. The molecule has 0 aromatic heterocycles. The van der Waals surface area contributed by atoms with Crippen LogP contribution in [0.15, 0.2) is 48.5 Å². The maximum absolute atomic E-state index is 10.7. The first-order valence-corrected chi connectivity index (χ1v) is 9.48. The number of hydrogen-bond donors (Lipinski definition) is 2. The molecule has 0 saturated heterocycles. The minimum atomic E-state index is -0.395. The molecule has 8 heteroatoms. The third-order valence-electron chi connectivity index (χ3n) is 5.24. The van der Waals surface area contributed by atoms with Gasteiger partial charge >= 0.3 is 0 Å². The first kappa shape index (κ1) is 19.6. The van der Waals surface area contributed by atoms with Crippen molar-refractivity contribution in [3.05, 3.63) is 68.8 Å². The third-order valence-corrected chi connectivity index (χ3v) is 5.24. The van der Waals surface area contributed by atoms with E-state index in [2.05, 4.69) is 10.6 Å². The van der Waals surface area contributed by atoms with Crippen LogP contribution in [0.1, 0.15) is 25.7 Å². The summed E-state index contributed by atoms with van der Waals surface area (Å²) >= 11 is 0. The van der Waals surface area contributed by atoms with E-state index < -0.39 is 9.85 Å². The van der Waals surface area contributed by atoms with Gasteiger partial charge in [0.05, 0.1) is 9.85 Å². The molecule has 0 radical (unpaired) electrons. The first-order chi connectivity index (χ1) is 13.5. The largest absolute Gasteiger partial charge is 0.385 e. The number of nitrogens with zero attached hydrogens (tertiary/aromatic N) is 2. The molecule has 0 amide bonds. The number of hydrogen-bond acceptors (Lipinski definition) is 6. The highest BCUT2D eigenvalue weighted by Gasteiger charge is 2.22. The van der Waals surface area contributed by atoms with Crippen LogP contribution < -0.4 is 10.6 Å². The summed E-state index contributed by atoms with van der Waals surface area (Å²) in [5.74, 6) is 1.13. The second-order valence-electron chi connectivity index (χ2n) is 7.27. The molecule has 0 aliphatic heterocycles. The van der Waals surface area contributed by atoms with Crippen LogP contribution in [-0.2, 0) is 0 Å². The molecule has 2 unspecified atom stereocenters. The molecular formula is C20H24N4O4. The zero-order valence-electron chi connectivity index (χ0n) is 15.5. The molecule has 8 nitrogen and oxygen atoms in total. The number of nitro benzene ring substituents is 2. The van der Waals surface area contributed by atoms with Crippen LogP contribution >= 0.6 is 0 Å². The van der Waals surface area contributed by atoms with Crippen molar-refractivity contribution in [1.82, 2.24) is 0 Å². The summed E-state index contributed by atoms with van der Waals surface area (Å²) in [4.78, 5) is 20.6. The smallest absolute Gasteiger partial charge is 0.269 e. The average molecular weight is 384 g/mol. The Kier molecular flexibility index (Phi) is 6.41. The zero-order valence-corrected chi connectivity index (χ0v) is 15.5. The molecule has 148 valence electrons. The van der Waals surface area contributed by atoms with Crippen LogP contribution in [0.2, 0.25) is 0 Å². The van der Waals surface area contributed by atoms with E-state index in [1.807, 2.05) is 0 Å². The summed E-state index contributed by atoms with van der Waals surface area (Å²) in [5, 5.41) is 28.2. The highest BCUT2D eigenvalue weighted by molar-refractivity contribution is 5.49. The topological polar surface area (TPSA) is 110 Å². The van der Waals surface area contributed by atoms with E-state index in [9.17, 15) is 20.2 Å². The molecule has 1 aliphatic carbocycles. The highest BCUT2D eigenvalue weighted by Crippen LogP contribution is 2.30. The van der Waals surface area contributed by atoms with Crippen LogP contribution in [0.4, 0.5) is 22.7 Å². The van der Waals surface area contributed by atoms with Crippen molar-refractivity contribution in [2.24, 2.45) is 11.8 Å². The van der Waals surface area contributed by atoms with E-state index >= 15 is 0 Å². The molecule has 1 saturated carbocycles. The van der Waals surface area contributed by atoms with E-state index in [0.717, 1.165) is 30.9 Å². The molecule has 3 rings (SSSR count). The van der Waals surface area contributed by atoms with Crippen molar-refractivity contribution in [1.29, 1.82) is 0 Å². The van der Waals surface area contributed by atoms with E-state index in [4.69, 9.17) is 0 Å². The molecule has 2 aromatic rings. The standard InChI is InChI=1S/C20H24N4O4/c25-23(26)19-8-4-17(5-9-19)21-13-15-2-1-3-16(12-15)14-22-18-6-10-20(11-7-18)24(27)28/h4-11,15-16,21-22H,1-3,12-14H2. The van der Waals surface area contributed by atoms with E-state index in [1.54, 1.807) is 24.3 Å². The summed E-state index contributed by atoms with van der Waals surface area (Å²) in [6.45, 7) is 1.71. The van der Waals surface area contributed by atoms with Gasteiger partial charge in [-0.1, -0.05) is 6.42 Å². The van der Waals surface area contributed by atoms with Crippen LogP contribution in [0.3, 0.4) is 0 Å². The number of nitro groups is 2. The van der Waals surface area contributed by atoms with Crippen molar-refractivity contribution >= 4 is 22.7 Å². The summed E-state index contributed by atoms with van der Waals surface area (Å²) < 4.78 is 0. The summed E-state index contributed by atoms with van der Waals surface area (Å²) in [5.41, 5.74) is 2.00. The van der Waals surface area contributed by atoms with Gasteiger partial charge in [0.2, 0.25) is 0 Å². The Labute approximate surface area is 163 Å². The van der Waals surface area contributed by atoms with Crippen LogP contribution in [0, 0.1) is 32.1 Å². The molecule has 2 aromatic carbocycles. The Morgan fingerprint density at radius 3 is 1.50 bits per heavy atom. The average Bonchev–Trinajstić information content (AvgIpc) is 2.71. The first-order valence-electron chi connectivity index (χ1n) is 9.48. The minimum absolute atomic E-state index is 0.0978. The molecule has 28 heavy (non-hydrogen) atoms. The van der Waals surface area contributed by atoms with Gasteiger partial charge in [0.15, 0.2) is 0 Å². The van der Waals surface area contributed by atoms with Gasteiger partial charge < -0.3 is 10.6 Å². The second kappa shape index (κ2) is 9.16. The number of benzene rings is 2. The predicted molar refractivity (Wildman–Crippen MR) is 109 cm³/mol. The second-order valence-corrected chi connectivity index (χ2v) is 7.27. The number of nitrogens with one attached hydrogen (secondary N) is 2. The van der Waals surface area contributed by atoms with Gasteiger partial charge in [-0.15, -0.1) is 0 Å². The SMILES string of the molecule is O=[N+]([O-])c1ccc(NCC2CCCC(CNc3ccc([N+](=O)[O-])cc3)C2)cc1. The Morgan fingerprint density at radius 1 is 0.750 bits per heavy atom. The molecule has 0 spiro atoms. The number of non-ortho nitro benzene ring substituents is 2. The lowest BCUT2D eigenvalue weighted by Crippen LogP contribution is -2.26. The maximum Gasteiger partial charge on any atom is 0.269 e. The molecule has 0 bridgehead atoms. The summed E-state index contributed by atoms with van der Waals surface area (Å²) in [6.07, 6.45) is 4.64. The quantitative estimate of drug-likeness (QED) is 0.498. The summed E-state index contributed by atoms with van der Waals surface area (Å²) in [7, 11) is 0. The Morgan fingerprint density at radius 2 is 1.14 bits per heavy atom. The lowest BCUT2D eigenvalue weighted by atomic mass is 9.81. The monoisotopic (exact) mass is 384 g/mol. The predicted octanol–water partition coefficient (Wildman–Crippen LogP) is 4.83. The van der Waals surface area contributed by atoms with Crippen molar-refractivity contribution < 1.29 is 9.85 Å².